The SMILES string of the molecule is C#CCCCCc1cccc(C(=O)O)c1. The molecular formula is C13H14O2. The van der Waals surface area contributed by atoms with Crippen molar-refractivity contribution in [3.8, 4) is 12.3 Å². The van der Waals surface area contributed by atoms with Crippen molar-refractivity contribution in [2.24, 2.45) is 0 Å². The Balaban J connectivity index is 2.51. The minimum Gasteiger partial charge on any atom is -0.478 e. The average Bonchev–Trinajstić information content (AvgIpc) is 2.25. The molecule has 0 saturated heterocycles. The fourth-order valence-corrected chi connectivity index (χ4v) is 1.42. The number of aryl methyl sites for hydroxylation is 1. The molecule has 0 bridgehead atoms. The molecule has 0 spiro atoms. The number of carboxylic acids is 1. The number of unbranched alkanes of at least 4 members (excludes halogenated alkanes) is 2. The van der Waals surface area contributed by atoms with E-state index in [2.05, 4.69) is 5.92 Å². The third kappa shape index (κ3) is 3.86. The van der Waals surface area contributed by atoms with Crippen LogP contribution in [0.5, 0.6) is 0 Å². The van der Waals surface area contributed by atoms with Gasteiger partial charge in [0.05, 0.1) is 5.56 Å². The van der Waals surface area contributed by atoms with Gasteiger partial charge in [0.2, 0.25) is 0 Å². The molecule has 0 unspecified atom stereocenters. The summed E-state index contributed by atoms with van der Waals surface area (Å²) in [5.74, 6) is 1.71. The van der Waals surface area contributed by atoms with E-state index in [0.29, 0.717) is 5.56 Å². The summed E-state index contributed by atoms with van der Waals surface area (Å²) >= 11 is 0. The van der Waals surface area contributed by atoms with Gasteiger partial charge in [-0.25, -0.2) is 4.79 Å². The molecule has 2 heteroatoms. The van der Waals surface area contributed by atoms with Gasteiger partial charge in [0.15, 0.2) is 0 Å². The monoisotopic (exact) mass is 202 g/mol. The number of carboxylic acid groups (broad SMARTS) is 1. The van der Waals surface area contributed by atoms with Gasteiger partial charge >= 0.3 is 5.97 Å². The molecule has 1 aromatic carbocycles. The molecule has 0 amide bonds. The fraction of sp³-hybridized carbons (Fsp3) is 0.308. The molecular weight excluding hydrogens is 188 g/mol. The Hall–Kier alpha value is -1.75. The number of carbonyl (C=O) groups is 1. The quantitative estimate of drug-likeness (QED) is 0.588. The Morgan fingerprint density at radius 3 is 2.87 bits per heavy atom. The van der Waals surface area contributed by atoms with Crippen LogP contribution in [-0.4, -0.2) is 11.1 Å². The van der Waals surface area contributed by atoms with Gasteiger partial charge in [-0.3, -0.25) is 0 Å². The second-order valence-corrected chi connectivity index (χ2v) is 3.42. The van der Waals surface area contributed by atoms with E-state index >= 15 is 0 Å². The maximum absolute atomic E-state index is 10.7. The summed E-state index contributed by atoms with van der Waals surface area (Å²) in [6, 6.07) is 7.05. The van der Waals surface area contributed by atoms with E-state index < -0.39 is 5.97 Å². The van der Waals surface area contributed by atoms with Crippen LogP contribution in [0.1, 0.15) is 35.2 Å². The Morgan fingerprint density at radius 1 is 1.40 bits per heavy atom. The van der Waals surface area contributed by atoms with E-state index in [9.17, 15) is 4.79 Å². The van der Waals surface area contributed by atoms with Gasteiger partial charge in [-0.15, -0.1) is 12.3 Å². The number of aromatic carboxylic acids is 1. The number of benzene rings is 1. The number of hydrogen-bond donors (Lipinski definition) is 1. The molecule has 15 heavy (non-hydrogen) atoms. The number of hydrogen-bond acceptors (Lipinski definition) is 1. The molecule has 78 valence electrons. The van der Waals surface area contributed by atoms with Crippen molar-refractivity contribution in [1.82, 2.24) is 0 Å². The summed E-state index contributed by atoms with van der Waals surface area (Å²) in [6.45, 7) is 0. The smallest absolute Gasteiger partial charge is 0.335 e. The Morgan fingerprint density at radius 2 is 2.20 bits per heavy atom. The van der Waals surface area contributed by atoms with Gasteiger partial charge in [0.25, 0.3) is 0 Å². The highest BCUT2D eigenvalue weighted by Crippen LogP contribution is 2.09. The van der Waals surface area contributed by atoms with Gasteiger partial charge in [0.1, 0.15) is 0 Å². The Kier molecular flexibility index (Phi) is 4.43. The van der Waals surface area contributed by atoms with Crippen molar-refractivity contribution in [3.05, 3.63) is 35.4 Å². The molecule has 0 aliphatic heterocycles. The maximum atomic E-state index is 10.7. The van der Waals surface area contributed by atoms with Crippen LogP contribution in [0.4, 0.5) is 0 Å². The van der Waals surface area contributed by atoms with Crippen molar-refractivity contribution >= 4 is 5.97 Å². The second-order valence-electron chi connectivity index (χ2n) is 3.42. The van der Waals surface area contributed by atoms with Crippen LogP contribution >= 0.6 is 0 Å². The van der Waals surface area contributed by atoms with Gasteiger partial charge in [-0.2, -0.15) is 0 Å². The molecule has 1 N–H and O–H groups in total. The average molecular weight is 202 g/mol. The molecule has 0 radical (unpaired) electrons. The van der Waals surface area contributed by atoms with E-state index in [-0.39, 0.29) is 0 Å². The number of rotatable bonds is 5. The number of terminal acetylenes is 1. The summed E-state index contributed by atoms with van der Waals surface area (Å²) < 4.78 is 0. The summed E-state index contributed by atoms with van der Waals surface area (Å²) in [6.07, 6.45) is 8.83. The molecule has 0 aromatic heterocycles. The zero-order valence-corrected chi connectivity index (χ0v) is 8.57. The predicted molar refractivity (Wildman–Crippen MR) is 59.8 cm³/mol. The van der Waals surface area contributed by atoms with Gasteiger partial charge in [-0.1, -0.05) is 12.1 Å². The minimum absolute atomic E-state index is 0.351. The van der Waals surface area contributed by atoms with Crippen LogP contribution in [0, 0.1) is 12.3 Å². The van der Waals surface area contributed by atoms with E-state index in [1.54, 1.807) is 18.2 Å². The first-order valence-corrected chi connectivity index (χ1v) is 4.99. The summed E-state index contributed by atoms with van der Waals surface area (Å²) in [4.78, 5) is 10.7. The summed E-state index contributed by atoms with van der Waals surface area (Å²) in [5, 5.41) is 8.79. The summed E-state index contributed by atoms with van der Waals surface area (Å²) in [7, 11) is 0. The first-order valence-electron chi connectivity index (χ1n) is 4.99. The topological polar surface area (TPSA) is 37.3 Å². The highest BCUT2D eigenvalue weighted by molar-refractivity contribution is 5.87. The van der Waals surface area contributed by atoms with E-state index in [1.165, 1.54) is 0 Å². The molecule has 0 atom stereocenters. The largest absolute Gasteiger partial charge is 0.478 e. The molecule has 0 aliphatic rings. The zero-order chi connectivity index (χ0) is 11.1. The standard InChI is InChI=1S/C13H14O2/c1-2-3-4-5-7-11-8-6-9-12(10-11)13(14)15/h1,6,8-10H,3-5,7H2,(H,14,15). The van der Waals surface area contributed by atoms with Crippen molar-refractivity contribution in [1.29, 1.82) is 0 Å². The Labute approximate surface area is 89.9 Å². The van der Waals surface area contributed by atoms with Crippen LogP contribution in [0.2, 0.25) is 0 Å². The minimum atomic E-state index is -0.875. The third-order valence-electron chi connectivity index (χ3n) is 2.21. The lowest BCUT2D eigenvalue weighted by molar-refractivity contribution is 0.0697. The van der Waals surface area contributed by atoms with Crippen LogP contribution < -0.4 is 0 Å². The first kappa shape index (κ1) is 11.3. The van der Waals surface area contributed by atoms with Crippen molar-refractivity contribution in [3.63, 3.8) is 0 Å². The normalized spacial score (nSPS) is 9.53. The lowest BCUT2D eigenvalue weighted by Gasteiger charge is -2.01. The molecule has 0 heterocycles. The van der Waals surface area contributed by atoms with Crippen molar-refractivity contribution < 1.29 is 9.90 Å². The zero-order valence-electron chi connectivity index (χ0n) is 8.57. The van der Waals surface area contributed by atoms with E-state index in [4.69, 9.17) is 11.5 Å². The van der Waals surface area contributed by atoms with Gasteiger partial charge in [-0.05, 0) is 37.0 Å². The van der Waals surface area contributed by atoms with E-state index in [0.717, 1.165) is 31.2 Å². The molecule has 0 aliphatic carbocycles. The van der Waals surface area contributed by atoms with Gasteiger partial charge in [0, 0.05) is 6.42 Å². The molecule has 1 aromatic rings. The van der Waals surface area contributed by atoms with Crippen LogP contribution in [-0.2, 0) is 6.42 Å². The first-order chi connectivity index (χ1) is 7.24. The third-order valence-corrected chi connectivity index (χ3v) is 2.21. The molecule has 2 nitrogen and oxygen atoms in total. The van der Waals surface area contributed by atoms with Crippen molar-refractivity contribution in [2.45, 2.75) is 25.7 Å². The lowest BCUT2D eigenvalue weighted by atomic mass is 10.0. The van der Waals surface area contributed by atoms with Crippen LogP contribution in [0.15, 0.2) is 24.3 Å². The van der Waals surface area contributed by atoms with Crippen molar-refractivity contribution in [2.75, 3.05) is 0 Å². The van der Waals surface area contributed by atoms with Crippen LogP contribution in [0.25, 0.3) is 0 Å². The fourth-order valence-electron chi connectivity index (χ4n) is 1.42. The lowest BCUT2D eigenvalue weighted by Crippen LogP contribution is -1.97. The maximum Gasteiger partial charge on any atom is 0.335 e. The molecule has 0 saturated carbocycles. The Bertz CT molecular complexity index is 374. The molecule has 1 rings (SSSR count). The molecule has 0 fully saturated rings. The van der Waals surface area contributed by atoms with E-state index in [1.807, 2.05) is 6.07 Å². The van der Waals surface area contributed by atoms with Gasteiger partial charge < -0.3 is 5.11 Å². The second kappa shape index (κ2) is 5.87. The predicted octanol–water partition coefficient (Wildman–Crippen LogP) is 2.73. The summed E-state index contributed by atoms with van der Waals surface area (Å²) in [5.41, 5.74) is 1.41. The highest BCUT2D eigenvalue weighted by atomic mass is 16.4. The van der Waals surface area contributed by atoms with Crippen LogP contribution in [0.3, 0.4) is 0 Å². The highest BCUT2D eigenvalue weighted by Gasteiger charge is 2.02.